The third-order valence-corrected chi connectivity index (χ3v) is 4.26. The van der Waals surface area contributed by atoms with Crippen molar-refractivity contribution in [1.29, 1.82) is 0 Å². The van der Waals surface area contributed by atoms with Crippen molar-refractivity contribution in [1.82, 2.24) is 9.78 Å². The SMILES string of the molecule is CCC(C)n1ccc(CC(N)C2CC2(C)C)n1. The molecular formula is C14H25N3. The topological polar surface area (TPSA) is 43.8 Å². The monoisotopic (exact) mass is 235 g/mol. The molecule has 1 aliphatic carbocycles. The Balaban J connectivity index is 1.93. The van der Waals surface area contributed by atoms with Gasteiger partial charge in [0.05, 0.1) is 5.69 Å². The van der Waals surface area contributed by atoms with Crippen LogP contribution in [0.3, 0.4) is 0 Å². The normalized spacial score (nSPS) is 25.6. The Morgan fingerprint density at radius 1 is 1.59 bits per heavy atom. The number of nitrogens with zero attached hydrogens (tertiary/aromatic N) is 2. The van der Waals surface area contributed by atoms with Gasteiger partial charge >= 0.3 is 0 Å². The van der Waals surface area contributed by atoms with Gasteiger partial charge in [0.2, 0.25) is 0 Å². The van der Waals surface area contributed by atoms with Gasteiger partial charge in [0.25, 0.3) is 0 Å². The lowest BCUT2D eigenvalue weighted by Crippen LogP contribution is -2.27. The third-order valence-electron chi connectivity index (χ3n) is 4.26. The van der Waals surface area contributed by atoms with Crippen molar-refractivity contribution in [2.45, 2.75) is 59.0 Å². The maximum absolute atomic E-state index is 6.26. The van der Waals surface area contributed by atoms with E-state index in [0.717, 1.165) is 18.5 Å². The number of hydrogen-bond donors (Lipinski definition) is 1. The van der Waals surface area contributed by atoms with Crippen molar-refractivity contribution in [3.63, 3.8) is 0 Å². The number of hydrogen-bond acceptors (Lipinski definition) is 2. The predicted molar refractivity (Wildman–Crippen MR) is 70.8 cm³/mol. The lowest BCUT2D eigenvalue weighted by molar-refractivity contribution is 0.454. The van der Waals surface area contributed by atoms with Crippen molar-refractivity contribution >= 4 is 0 Å². The van der Waals surface area contributed by atoms with E-state index in [4.69, 9.17) is 5.73 Å². The Bertz CT molecular complexity index is 381. The molecule has 3 nitrogen and oxygen atoms in total. The Labute approximate surface area is 104 Å². The van der Waals surface area contributed by atoms with E-state index in [1.165, 1.54) is 6.42 Å². The zero-order chi connectivity index (χ0) is 12.6. The first-order chi connectivity index (χ1) is 7.94. The molecule has 0 bridgehead atoms. The maximum atomic E-state index is 6.26. The molecule has 3 heteroatoms. The van der Waals surface area contributed by atoms with Crippen LogP contribution in [0.25, 0.3) is 0 Å². The molecule has 2 rings (SSSR count). The van der Waals surface area contributed by atoms with Crippen molar-refractivity contribution < 1.29 is 0 Å². The molecule has 3 atom stereocenters. The van der Waals surface area contributed by atoms with Gasteiger partial charge in [0.15, 0.2) is 0 Å². The van der Waals surface area contributed by atoms with Crippen LogP contribution >= 0.6 is 0 Å². The Kier molecular flexibility index (Phi) is 3.30. The second-order valence-electron chi connectivity index (χ2n) is 6.21. The highest BCUT2D eigenvalue weighted by Gasteiger charge is 2.48. The van der Waals surface area contributed by atoms with E-state index in [2.05, 4.69) is 49.7 Å². The molecule has 0 radical (unpaired) electrons. The standard InChI is InChI=1S/C14H25N3/c1-5-10(2)17-7-6-11(16-17)8-13(15)12-9-14(12,3)4/h6-7,10,12-13H,5,8-9,15H2,1-4H3. The van der Waals surface area contributed by atoms with E-state index in [0.29, 0.717) is 17.4 Å². The summed E-state index contributed by atoms with van der Waals surface area (Å²) in [5.41, 5.74) is 7.85. The molecule has 3 unspecified atom stereocenters. The van der Waals surface area contributed by atoms with E-state index >= 15 is 0 Å². The molecular weight excluding hydrogens is 210 g/mol. The van der Waals surface area contributed by atoms with Crippen molar-refractivity contribution in [3.8, 4) is 0 Å². The summed E-state index contributed by atoms with van der Waals surface area (Å²) in [6.45, 7) is 8.98. The maximum Gasteiger partial charge on any atom is 0.0640 e. The fourth-order valence-corrected chi connectivity index (χ4v) is 2.54. The summed E-state index contributed by atoms with van der Waals surface area (Å²) in [7, 11) is 0. The van der Waals surface area contributed by atoms with E-state index < -0.39 is 0 Å². The fourth-order valence-electron chi connectivity index (χ4n) is 2.54. The molecule has 1 saturated carbocycles. The van der Waals surface area contributed by atoms with Gasteiger partial charge in [-0.05, 0) is 37.2 Å². The number of nitrogens with two attached hydrogens (primary N) is 1. The van der Waals surface area contributed by atoms with Gasteiger partial charge in [-0.2, -0.15) is 5.10 Å². The molecule has 0 saturated heterocycles. The van der Waals surface area contributed by atoms with Crippen molar-refractivity contribution in [3.05, 3.63) is 18.0 Å². The van der Waals surface area contributed by atoms with E-state index in [1.54, 1.807) is 0 Å². The van der Waals surface area contributed by atoms with Gasteiger partial charge in [-0.15, -0.1) is 0 Å². The Morgan fingerprint density at radius 3 is 2.76 bits per heavy atom. The lowest BCUT2D eigenvalue weighted by Gasteiger charge is -2.12. The lowest BCUT2D eigenvalue weighted by atomic mass is 10.0. The highest BCUT2D eigenvalue weighted by atomic mass is 15.3. The number of aromatic nitrogens is 2. The molecule has 96 valence electrons. The molecule has 0 aliphatic heterocycles. The van der Waals surface area contributed by atoms with E-state index in [1.807, 2.05) is 0 Å². The fraction of sp³-hybridized carbons (Fsp3) is 0.786. The molecule has 0 aromatic carbocycles. The minimum atomic E-state index is 0.269. The molecule has 0 amide bonds. The zero-order valence-electron chi connectivity index (χ0n) is 11.5. The molecule has 1 aromatic rings. The summed E-state index contributed by atoms with van der Waals surface area (Å²) in [6.07, 6.45) is 5.37. The summed E-state index contributed by atoms with van der Waals surface area (Å²) >= 11 is 0. The Hall–Kier alpha value is -0.830. The first-order valence-electron chi connectivity index (χ1n) is 6.73. The molecule has 1 fully saturated rings. The largest absolute Gasteiger partial charge is 0.327 e. The van der Waals surface area contributed by atoms with Crippen LogP contribution in [0.2, 0.25) is 0 Å². The molecule has 17 heavy (non-hydrogen) atoms. The molecule has 1 heterocycles. The van der Waals surface area contributed by atoms with Crippen molar-refractivity contribution in [2.75, 3.05) is 0 Å². The highest BCUT2D eigenvalue weighted by Crippen LogP contribution is 2.53. The van der Waals surface area contributed by atoms with E-state index in [-0.39, 0.29) is 6.04 Å². The second-order valence-corrected chi connectivity index (χ2v) is 6.21. The third kappa shape index (κ3) is 2.71. The smallest absolute Gasteiger partial charge is 0.0640 e. The summed E-state index contributed by atoms with van der Waals surface area (Å²) in [5.74, 6) is 0.677. The van der Waals surface area contributed by atoms with Gasteiger partial charge < -0.3 is 5.73 Å². The van der Waals surface area contributed by atoms with Crippen LogP contribution in [0.5, 0.6) is 0 Å². The number of rotatable bonds is 5. The second kappa shape index (κ2) is 4.45. The minimum Gasteiger partial charge on any atom is -0.327 e. The predicted octanol–water partition coefficient (Wildman–Crippen LogP) is 2.77. The van der Waals surface area contributed by atoms with Crippen LogP contribution in [-0.4, -0.2) is 15.8 Å². The molecule has 1 aliphatic rings. The summed E-state index contributed by atoms with van der Waals surface area (Å²) in [4.78, 5) is 0. The van der Waals surface area contributed by atoms with Gasteiger partial charge in [-0.1, -0.05) is 20.8 Å². The van der Waals surface area contributed by atoms with Gasteiger partial charge in [-0.3, -0.25) is 4.68 Å². The summed E-state index contributed by atoms with van der Waals surface area (Å²) < 4.78 is 2.06. The van der Waals surface area contributed by atoms with Gasteiger partial charge in [-0.25, -0.2) is 0 Å². The first kappa shape index (κ1) is 12.6. The summed E-state index contributed by atoms with van der Waals surface area (Å²) in [5, 5.41) is 4.62. The van der Waals surface area contributed by atoms with E-state index in [9.17, 15) is 0 Å². The van der Waals surface area contributed by atoms with Crippen LogP contribution in [0.1, 0.15) is 52.3 Å². The minimum absolute atomic E-state index is 0.269. The van der Waals surface area contributed by atoms with Crippen LogP contribution in [0.15, 0.2) is 12.3 Å². The molecule has 2 N–H and O–H groups in total. The van der Waals surface area contributed by atoms with Crippen LogP contribution in [0, 0.1) is 11.3 Å². The molecule has 0 spiro atoms. The van der Waals surface area contributed by atoms with Gasteiger partial charge in [0, 0.05) is 24.7 Å². The van der Waals surface area contributed by atoms with Crippen LogP contribution in [0.4, 0.5) is 0 Å². The average Bonchev–Trinajstić information content (AvgIpc) is 2.72. The van der Waals surface area contributed by atoms with Crippen molar-refractivity contribution in [2.24, 2.45) is 17.1 Å². The van der Waals surface area contributed by atoms with Gasteiger partial charge in [0.1, 0.15) is 0 Å². The van der Waals surface area contributed by atoms with Crippen LogP contribution in [-0.2, 0) is 6.42 Å². The quantitative estimate of drug-likeness (QED) is 0.853. The average molecular weight is 235 g/mol. The highest BCUT2D eigenvalue weighted by molar-refractivity contribution is 5.08. The zero-order valence-corrected chi connectivity index (χ0v) is 11.5. The molecule has 1 aromatic heterocycles. The first-order valence-corrected chi connectivity index (χ1v) is 6.73. The summed E-state index contributed by atoms with van der Waals surface area (Å²) in [6, 6.07) is 2.86. The Morgan fingerprint density at radius 2 is 2.24 bits per heavy atom. The van der Waals surface area contributed by atoms with Crippen LogP contribution < -0.4 is 5.73 Å².